The number of halogens is 1. The summed E-state index contributed by atoms with van der Waals surface area (Å²) in [6, 6.07) is 0.490. The largest absolute Gasteiger partial charge is 0.327 e. The van der Waals surface area contributed by atoms with Crippen molar-refractivity contribution >= 4 is 22.6 Å². The van der Waals surface area contributed by atoms with Gasteiger partial charge in [-0.3, -0.25) is 0 Å². The molecule has 2 N–H and O–H groups in total. The normalized spacial score (nSPS) is 39.8. The topological polar surface area (TPSA) is 26.0 Å². The van der Waals surface area contributed by atoms with E-state index in [0.717, 1.165) is 3.92 Å². The van der Waals surface area contributed by atoms with Crippen LogP contribution in [0, 0.1) is 0 Å². The number of rotatable bonds is 0. The zero-order valence-corrected chi connectivity index (χ0v) is 7.10. The molecule has 8 heavy (non-hydrogen) atoms. The van der Waals surface area contributed by atoms with Crippen LogP contribution in [-0.2, 0) is 0 Å². The Kier molecular flexibility index (Phi) is 2.56. The molecule has 0 unspecified atom stereocenters. The van der Waals surface area contributed by atoms with Gasteiger partial charge in [-0.1, -0.05) is 35.4 Å². The van der Waals surface area contributed by atoms with Crippen LogP contribution in [0.4, 0.5) is 0 Å². The highest BCUT2D eigenvalue weighted by Crippen LogP contribution is 2.22. The Balaban J connectivity index is 2.28. The predicted molar refractivity (Wildman–Crippen MR) is 44.3 cm³/mol. The number of alkyl halides is 1. The maximum Gasteiger partial charge on any atom is 0.0261 e. The highest BCUT2D eigenvalue weighted by Gasteiger charge is 2.17. The molecule has 0 saturated heterocycles. The van der Waals surface area contributed by atoms with Gasteiger partial charge in [0.2, 0.25) is 0 Å². The first-order valence-corrected chi connectivity index (χ1v) is 4.45. The predicted octanol–water partition coefficient (Wildman–Crippen LogP) is 1.69. The Morgan fingerprint density at radius 3 is 2.25 bits per heavy atom. The summed E-state index contributed by atoms with van der Waals surface area (Å²) in [5.41, 5.74) is 5.77. The van der Waals surface area contributed by atoms with Crippen molar-refractivity contribution in [1.82, 2.24) is 0 Å². The number of hydrogen-bond donors (Lipinski definition) is 1. The third-order valence-electron chi connectivity index (χ3n) is 1.73. The van der Waals surface area contributed by atoms with Gasteiger partial charge in [0.15, 0.2) is 0 Å². The summed E-state index contributed by atoms with van der Waals surface area (Å²) in [7, 11) is 0. The van der Waals surface area contributed by atoms with Crippen LogP contribution < -0.4 is 5.73 Å². The van der Waals surface area contributed by atoms with Crippen LogP contribution in [0.5, 0.6) is 0 Å². The van der Waals surface area contributed by atoms with Gasteiger partial charge in [0.25, 0.3) is 0 Å². The molecule has 1 aliphatic carbocycles. The van der Waals surface area contributed by atoms with Crippen molar-refractivity contribution in [3.8, 4) is 0 Å². The molecule has 0 aromatic heterocycles. The van der Waals surface area contributed by atoms with Crippen LogP contribution >= 0.6 is 22.6 Å². The van der Waals surface area contributed by atoms with Gasteiger partial charge in [0.1, 0.15) is 0 Å². The van der Waals surface area contributed by atoms with Crippen molar-refractivity contribution in [3.63, 3.8) is 0 Å². The summed E-state index contributed by atoms with van der Waals surface area (Å²) in [5, 5.41) is 0. The van der Waals surface area contributed by atoms with Crippen molar-refractivity contribution in [1.29, 1.82) is 0 Å². The second-order valence-electron chi connectivity index (χ2n) is 2.46. The first-order chi connectivity index (χ1) is 3.80. The van der Waals surface area contributed by atoms with Crippen LogP contribution in [0.3, 0.4) is 0 Å². The van der Waals surface area contributed by atoms with Crippen molar-refractivity contribution in [3.05, 3.63) is 0 Å². The molecule has 48 valence electrons. The van der Waals surface area contributed by atoms with Crippen molar-refractivity contribution in [2.45, 2.75) is 35.6 Å². The fourth-order valence-electron chi connectivity index (χ4n) is 1.11. The lowest BCUT2D eigenvalue weighted by Gasteiger charge is -2.22. The Morgan fingerprint density at radius 1 is 1.25 bits per heavy atom. The minimum absolute atomic E-state index is 0.490. The molecule has 0 aliphatic heterocycles. The van der Waals surface area contributed by atoms with Crippen molar-refractivity contribution < 1.29 is 0 Å². The maximum atomic E-state index is 5.77. The average molecular weight is 225 g/mol. The molecular formula is C6H12IN. The summed E-state index contributed by atoms with van der Waals surface area (Å²) < 4.78 is 0.751. The van der Waals surface area contributed by atoms with Crippen LogP contribution in [0.25, 0.3) is 0 Å². The van der Waals surface area contributed by atoms with E-state index in [0.29, 0.717) is 6.04 Å². The zero-order chi connectivity index (χ0) is 5.98. The van der Waals surface area contributed by atoms with Gasteiger partial charge < -0.3 is 5.73 Å². The highest BCUT2D eigenvalue weighted by atomic mass is 127. The van der Waals surface area contributed by atoms with E-state index in [1.807, 2.05) is 0 Å². The lowest BCUT2D eigenvalue weighted by atomic mass is 9.96. The number of hydrogen-bond acceptors (Lipinski definition) is 1. The zero-order valence-electron chi connectivity index (χ0n) is 4.94. The van der Waals surface area contributed by atoms with Gasteiger partial charge in [-0.25, -0.2) is 0 Å². The lowest BCUT2D eigenvalue weighted by Crippen LogP contribution is -2.33. The Hall–Kier alpha value is 0.690. The Labute approximate surface area is 64.2 Å². The van der Waals surface area contributed by atoms with E-state index in [1.165, 1.54) is 25.7 Å². The molecule has 1 fully saturated rings. The smallest absolute Gasteiger partial charge is 0.0261 e. The fourth-order valence-corrected chi connectivity index (χ4v) is 1.91. The van der Waals surface area contributed by atoms with Gasteiger partial charge in [-0.15, -0.1) is 0 Å². The standard InChI is InChI=1S/C6H12IN/c7-5-3-1-2-4-6(5)8/h5-6H,1-4,8H2/t5-,6-/m0/s1. The van der Waals surface area contributed by atoms with Crippen LogP contribution in [0.15, 0.2) is 0 Å². The monoisotopic (exact) mass is 225 g/mol. The van der Waals surface area contributed by atoms with Crippen LogP contribution in [0.2, 0.25) is 0 Å². The molecule has 1 saturated carbocycles. The molecule has 0 aromatic carbocycles. The van der Waals surface area contributed by atoms with Gasteiger partial charge in [-0.2, -0.15) is 0 Å². The van der Waals surface area contributed by atoms with Crippen LogP contribution in [0.1, 0.15) is 25.7 Å². The minimum atomic E-state index is 0.490. The first kappa shape index (κ1) is 6.81. The summed E-state index contributed by atoms with van der Waals surface area (Å²) in [6.07, 6.45) is 5.32. The van der Waals surface area contributed by atoms with Gasteiger partial charge in [-0.05, 0) is 12.8 Å². The van der Waals surface area contributed by atoms with Gasteiger partial charge in [0.05, 0.1) is 0 Å². The summed E-state index contributed by atoms with van der Waals surface area (Å²) in [6.45, 7) is 0. The Morgan fingerprint density at radius 2 is 1.88 bits per heavy atom. The molecule has 0 spiro atoms. The quantitative estimate of drug-likeness (QED) is 0.492. The molecule has 0 bridgehead atoms. The number of nitrogens with two attached hydrogens (primary N) is 1. The average Bonchev–Trinajstić information content (AvgIpc) is 1.77. The molecule has 1 nitrogen and oxygen atoms in total. The summed E-state index contributed by atoms with van der Waals surface area (Å²) in [5.74, 6) is 0. The maximum absolute atomic E-state index is 5.77. The molecular weight excluding hydrogens is 213 g/mol. The SMILES string of the molecule is N[C@H]1CCCC[C@@H]1I. The van der Waals surface area contributed by atoms with E-state index in [-0.39, 0.29) is 0 Å². The molecule has 2 heteroatoms. The molecule has 0 heterocycles. The van der Waals surface area contributed by atoms with E-state index in [4.69, 9.17) is 5.73 Å². The highest BCUT2D eigenvalue weighted by molar-refractivity contribution is 14.1. The van der Waals surface area contributed by atoms with E-state index in [1.54, 1.807) is 0 Å². The first-order valence-electron chi connectivity index (χ1n) is 3.20. The van der Waals surface area contributed by atoms with Crippen LogP contribution in [-0.4, -0.2) is 9.97 Å². The van der Waals surface area contributed by atoms with E-state index < -0.39 is 0 Å². The van der Waals surface area contributed by atoms with E-state index in [2.05, 4.69) is 22.6 Å². The van der Waals surface area contributed by atoms with Gasteiger partial charge >= 0.3 is 0 Å². The van der Waals surface area contributed by atoms with Gasteiger partial charge in [0, 0.05) is 9.97 Å². The molecule has 1 rings (SSSR count). The van der Waals surface area contributed by atoms with Crippen molar-refractivity contribution in [2.24, 2.45) is 5.73 Å². The molecule has 1 aliphatic rings. The molecule has 0 amide bonds. The lowest BCUT2D eigenvalue weighted by molar-refractivity contribution is 0.465. The second kappa shape index (κ2) is 3.01. The minimum Gasteiger partial charge on any atom is -0.327 e. The molecule has 0 aromatic rings. The summed E-state index contributed by atoms with van der Waals surface area (Å²) >= 11 is 2.46. The summed E-state index contributed by atoms with van der Waals surface area (Å²) in [4.78, 5) is 0. The van der Waals surface area contributed by atoms with E-state index >= 15 is 0 Å². The third kappa shape index (κ3) is 1.58. The fraction of sp³-hybridized carbons (Fsp3) is 1.00. The van der Waals surface area contributed by atoms with E-state index in [9.17, 15) is 0 Å². The second-order valence-corrected chi connectivity index (χ2v) is 4.06. The molecule has 0 radical (unpaired) electrons. The van der Waals surface area contributed by atoms with Crippen molar-refractivity contribution in [2.75, 3.05) is 0 Å². The molecule has 2 atom stereocenters. The Bertz CT molecular complexity index is 64.9. The third-order valence-corrected chi connectivity index (χ3v) is 3.28.